The molecule has 5 heteroatoms. The van der Waals surface area contributed by atoms with E-state index in [0.29, 0.717) is 11.9 Å². The number of rotatable bonds is 5. The first-order valence-corrected chi connectivity index (χ1v) is 7.83. The first-order valence-electron chi connectivity index (χ1n) is 6.95. The van der Waals surface area contributed by atoms with E-state index in [1.807, 2.05) is 6.07 Å². The van der Waals surface area contributed by atoms with Crippen molar-refractivity contribution in [3.63, 3.8) is 0 Å². The van der Waals surface area contributed by atoms with Crippen LogP contribution in [0.5, 0.6) is 0 Å². The number of anilines is 1. The standard InChI is InChI=1S/C16H17N3OS/c1-3-13(15-5-4-8-21-15)18-14-7-6-12(9-11(14)2)16-19-17-10-20-16/h4-10,13,18H,3H2,1-2H3. The number of aromatic nitrogens is 2. The van der Waals surface area contributed by atoms with Crippen molar-refractivity contribution in [2.24, 2.45) is 0 Å². The number of nitrogens with zero attached hydrogens (tertiary/aromatic N) is 2. The van der Waals surface area contributed by atoms with Gasteiger partial charge in [0.2, 0.25) is 12.3 Å². The van der Waals surface area contributed by atoms with E-state index in [0.717, 1.165) is 17.7 Å². The van der Waals surface area contributed by atoms with E-state index in [-0.39, 0.29) is 0 Å². The second-order valence-electron chi connectivity index (χ2n) is 4.89. The van der Waals surface area contributed by atoms with Crippen LogP contribution in [-0.4, -0.2) is 10.2 Å². The number of benzene rings is 1. The van der Waals surface area contributed by atoms with Crippen molar-refractivity contribution < 1.29 is 4.42 Å². The van der Waals surface area contributed by atoms with Gasteiger partial charge in [-0.3, -0.25) is 0 Å². The molecule has 0 fully saturated rings. The SMILES string of the molecule is CCC(Nc1ccc(-c2nnco2)cc1C)c1cccs1. The van der Waals surface area contributed by atoms with Gasteiger partial charge in [-0.25, -0.2) is 0 Å². The van der Waals surface area contributed by atoms with Crippen molar-refractivity contribution in [3.8, 4) is 11.5 Å². The molecule has 0 saturated carbocycles. The van der Waals surface area contributed by atoms with Crippen LogP contribution in [0.1, 0.15) is 29.8 Å². The quantitative estimate of drug-likeness (QED) is 0.744. The lowest BCUT2D eigenvalue weighted by Crippen LogP contribution is -2.09. The number of hydrogen-bond donors (Lipinski definition) is 1. The molecule has 3 rings (SSSR count). The second-order valence-corrected chi connectivity index (χ2v) is 5.87. The van der Waals surface area contributed by atoms with Crippen molar-refractivity contribution in [3.05, 3.63) is 52.5 Å². The molecule has 0 bridgehead atoms. The Morgan fingerprint density at radius 2 is 2.24 bits per heavy atom. The zero-order chi connectivity index (χ0) is 14.7. The smallest absolute Gasteiger partial charge is 0.247 e. The summed E-state index contributed by atoms with van der Waals surface area (Å²) in [6.45, 7) is 4.28. The average molecular weight is 299 g/mol. The molecule has 0 amide bonds. The monoisotopic (exact) mass is 299 g/mol. The van der Waals surface area contributed by atoms with E-state index >= 15 is 0 Å². The van der Waals surface area contributed by atoms with E-state index < -0.39 is 0 Å². The highest BCUT2D eigenvalue weighted by atomic mass is 32.1. The van der Waals surface area contributed by atoms with E-state index in [1.54, 1.807) is 11.3 Å². The molecule has 0 spiro atoms. The molecule has 1 unspecified atom stereocenters. The van der Waals surface area contributed by atoms with Crippen LogP contribution < -0.4 is 5.32 Å². The topological polar surface area (TPSA) is 51.0 Å². The summed E-state index contributed by atoms with van der Waals surface area (Å²) in [6, 6.07) is 10.8. The molecular weight excluding hydrogens is 282 g/mol. The lowest BCUT2D eigenvalue weighted by molar-refractivity contribution is 0.568. The molecule has 21 heavy (non-hydrogen) atoms. The van der Waals surface area contributed by atoms with Crippen LogP contribution in [0.3, 0.4) is 0 Å². The maximum Gasteiger partial charge on any atom is 0.247 e. The van der Waals surface area contributed by atoms with Gasteiger partial charge in [-0.1, -0.05) is 13.0 Å². The average Bonchev–Trinajstić information content (AvgIpc) is 3.19. The fraction of sp³-hybridized carbons (Fsp3) is 0.250. The van der Waals surface area contributed by atoms with E-state index in [2.05, 4.69) is 59.0 Å². The molecule has 1 N–H and O–H groups in total. The molecule has 108 valence electrons. The minimum absolute atomic E-state index is 0.345. The van der Waals surface area contributed by atoms with Gasteiger partial charge in [-0.2, -0.15) is 0 Å². The fourth-order valence-electron chi connectivity index (χ4n) is 2.31. The molecule has 0 saturated heterocycles. The van der Waals surface area contributed by atoms with Gasteiger partial charge in [0.05, 0.1) is 6.04 Å². The molecule has 1 aromatic carbocycles. The van der Waals surface area contributed by atoms with Crippen LogP contribution in [0, 0.1) is 6.92 Å². The minimum Gasteiger partial charge on any atom is -0.423 e. The summed E-state index contributed by atoms with van der Waals surface area (Å²) in [5.41, 5.74) is 3.25. The van der Waals surface area contributed by atoms with Crippen LogP contribution in [-0.2, 0) is 0 Å². The van der Waals surface area contributed by atoms with Gasteiger partial charge in [0.15, 0.2) is 0 Å². The highest BCUT2D eigenvalue weighted by Gasteiger charge is 2.12. The summed E-state index contributed by atoms with van der Waals surface area (Å²) in [5, 5.41) is 13.4. The Labute approximate surface area is 127 Å². The first-order chi connectivity index (χ1) is 10.3. The van der Waals surface area contributed by atoms with Crippen molar-refractivity contribution in [2.45, 2.75) is 26.3 Å². The Morgan fingerprint density at radius 3 is 2.86 bits per heavy atom. The predicted octanol–water partition coefficient (Wildman–Crippen LogP) is 4.67. The zero-order valence-corrected chi connectivity index (χ0v) is 12.9. The second kappa shape index (κ2) is 6.10. The van der Waals surface area contributed by atoms with Crippen molar-refractivity contribution in [2.75, 3.05) is 5.32 Å². The third-order valence-electron chi connectivity index (χ3n) is 3.46. The third-order valence-corrected chi connectivity index (χ3v) is 4.44. The van der Waals surface area contributed by atoms with Crippen molar-refractivity contribution >= 4 is 17.0 Å². The largest absolute Gasteiger partial charge is 0.423 e. The molecule has 2 aromatic heterocycles. The van der Waals surface area contributed by atoms with Crippen LogP contribution in [0.25, 0.3) is 11.5 Å². The zero-order valence-electron chi connectivity index (χ0n) is 12.0. The number of thiophene rings is 1. The molecule has 0 aliphatic rings. The summed E-state index contributed by atoms with van der Waals surface area (Å²) >= 11 is 1.79. The van der Waals surface area contributed by atoms with Crippen LogP contribution in [0.2, 0.25) is 0 Å². The lowest BCUT2D eigenvalue weighted by Gasteiger charge is -2.19. The first kappa shape index (κ1) is 13.8. The minimum atomic E-state index is 0.345. The molecule has 3 aromatic rings. The highest BCUT2D eigenvalue weighted by Crippen LogP contribution is 2.29. The van der Waals surface area contributed by atoms with Crippen LogP contribution in [0.15, 0.2) is 46.5 Å². The fourth-order valence-corrected chi connectivity index (χ4v) is 3.17. The molecular formula is C16H17N3OS. The van der Waals surface area contributed by atoms with Gasteiger partial charge in [-0.15, -0.1) is 21.5 Å². The van der Waals surface area contributed by atoms with Gasteiger partial charge < -0.3 is 9.73 Å². The van der Waals surface area contributed by atoms with Gasteiger partial charge in [0.25, 0.3) is 0 Å². The summed E-state index contributed by atoms with van der Waals surface area (Å²) in [7, 11) is 0. The van der Waals surface area contributed by atoms with E-state index in [9.17, 15) is 0 Å². The van der Waals surface area contributed by atoms with Gasteiger partial charge >= 0.3 is 0 Å². The normalized spacial score (nSPS) is 12.3. The molecule has 4 nitrogen and oxygen atoms in total. The highest BCUT2D eigenvalue weighted by molar-refractivity contribution is 7.10. The van der Waals surface area contributed by atoms with Crippen molar-refractivity contribution in [1.29, 1.82) is 0 Å². The summed E-state index contributed by atoms with van der Waals surface area (Å²) in [4.78, 5) is 1.36. The van der Waals surface area contributed by atoms with Crippen LogP contribution in [0.4, 0.5) is 5.69 Å². The number of hydrogen-bond acceptors (Lipinski definition) is 5. The third kappa shape index (κ3) is 2.97. The maximum absolute atomic E-state index is 5.23. The Balaban J connectivity index is 1.83. The summed E-state index contributed by atoms with van der Waals surface area (Å²) in [6.07, 6.45) is 2.39. The Hall–Kier alpha value is -2.14. The molecule has 0 aliphatic heterocycles. The molecule has 1 atom stereocenters. The molecule has 2 heterocycles. The van der Waals surface area contributed by atoms with Crippen molar-refractivity contribution in [1.82, 2.24) is 10.2 Å². The number of aryl methyl sites for hydroxylation is 1. The van der Waals surface area contributed by atoms with Gasteiger partial charge in [-0.05, 0) is 48.6 Å². The summed E-state index contributed by atoms with van der Waals surface area (Å²) in [5.74, 6) is 0.551. The van der Waals surface area contributed by atoms with Gasteiger partial charge in [0.1, 0.15) is 0 Å². The molecule has 0 radical (unpaired) electrons. The Morgan fingerprint density at radius 1 is 1.33 bits per heavy atom. The van der Waals surface area contributed by atoms with Crippen LogP contribution >= 0.6 is 11.3 Å². The molecule has 0 aliphatic carbocycles. The maximum atomic E-state index is 5.23. The number of nitrogens with one attached hydrogen (secondary N) is 1. The van der Waals surface area contributed by atoms with Gasteiger partial charge in [0, 0.05) is 16.1 Å². The van der Waals surface area contributed by atoms with E-state index in [4.69, 9.17) is 4.42 Å². The lowest BCUT2D eigenvalue weighted by atomic mass is 10.1. The van der Waals surface area contributed by atoms with E-state index in [1.165, 1.54) is 16.8 Å². The Kier molecular flexibility index (Phi) is 4.01. The Bertz CT molecular complexity index is 692. The summed E-state index contributed by atoms with van der Waals surface area (Å²) < 4.78 is 5.23. The predicted molar refractivity (Wildman–Crippen MR) is 85.4 cm³/mol.